The van der Waals surface area contributed by atoms with Crippen molar-refractivity contribution >= 4 is 6.29 Å². The van der Waals surface area contributed by atoms with Gasteiger partial charge < -0.3 is 9.90 Å². The molecule has 0 radical (unpaired) electrons. The monoisotopic (exact) mass is 168 g/mol. The van der Waals surface area contributed by atoms with Gasteiger partial charge in [0.15, 0.2) is 0 Å². The molecular weight excluding hydrogens is 152 g/mol. The molecule has 1 N–H and O–H groups in total. The quantitative estimate of drug-likeness (QED) is 0.501. The molecule has 0 saturated carbocycles. The second-order valence-corrected chi connectivity index (χ2v) is 2.86. The molecule has 1 unspecified atom stereocenters. The van der Waals surface area contributed by atoms with E-state index in [0.29, 0.717) is 0 Å². The molecule has 0 aromatic rings. The van der Waals surface area contributed by atoms with Gasteiger partial charge in [0, 0.05) is 5.92 Å². The summed E-state index contributed by atoms with van der Waals surface area (Å²) in [6, 6.07) is 0. The first-order valence-corrected chi connectivity index (χ1v) is 4.09. The fraction of sp³-hybridized carbons (Fsp3) is 0.500. The molecule has 12 heavy (non-hydrogen) atoms. The normalized spacial score (nSPS) is 15.1. The summed E-state index contributed by atoms with van der Waals surface area (Å²) in [4.78, 5) is 10.2. The molecule has 0 aliphatic rings. The van der Waals surface area contributed by atoms with Gasteiger partial charge in [-0.3, -0.25) is 0 Å². The van der Waals surface area contributed by atoms with Crippen LogP contribution in [0.3, 0.4) is 0 Å². The first kappa shape index (κ1) is 11.1. The van der Waals surface area contributed by atoms with Gasteiger partial charge in [0.25, 0.3) is 0 Å². The van der Waals surface area contributed by atoms with Gasteiger partial charge in [0.05, 0.1) is 6.61 Å². The second kappa shape index (κ2) is 6.80. The molecule has 0 fully saturated rings. The molecular formula is C10H16O2. The highest BCUT2D eigenvalue weighted by Crippen LogP contribution is 2.02. The topological polar surface area (TPSA) is 37.3 Å². The third-order valence-electron chi connectivity index (χ3n) is 1.53. The molecule has 0 rings (SSSR count). The lowest BCUT2D eigenvalue weighted by molar-refractivity contribution is -0.109. The van der Waals surface area contributed by atoms with E-state index in [9.17, 15) is 4.79 Å². The Morgan fingerprint density at radius 1 is 1.58 bits per heavy atom. The summed E-state index contributed by atoms with van der Waals surface area (Å²) in [5, 5.41) is 8.53. The van der Waals surface area contributed by atoms with Crippen molar-refractivity contribution in [1.29, 1.82) is 0 Å². The van der Waals surface area contributed by atoms with Gasteiger partial charge >= 0.3 is 0 Å². The molecule has 0 amide bonds. The third kappa shape index (κ3) is 5.86. The number of allylic oxidation sites excluding steroid dienone is 3. The molecule has 1 atom stereocenters. The molecule has 0 aromatic carbocycles. The Morgan fingerprint density at radius 3 is 2.75 bits per heavy atom. The number of hydrogen-bond donors (Lipinski definition) is 1. The first-order chi connectivity index (χ1) is 5.70. The van der Waals surface area contributed by atoms with Crippen LogP contribution >= 0.6 is 0 Å². The molecule has 0 aliphatic heterocycles. The third-order valence-corrected chi connectivity index (χ3v) is 1.53. The van der Waals surface area contributed by atoms with E-state index in [1.165, 1.54) is 0 Å². The molecule has 0 bridgehead atoms. The summed E-state index contributed by atoms with van der Waals surface area (Å²) in [6.45, 7) is 3.88. The fourth-order valence-corrected chi connectivity index (χ4v) is 0.753. The van der Waals surface area contributed by atoms with E-state index >= 15 is 0 Å². The van der Waals surface area contributed by atoms with Crippen molar-refractivity contribution in [3.05, 3.63) is 23.8 Å². The Labute approximate surface area is 73.6 Å². The maximum absolute atomic E-state index is 10.2. The highest BCUT2D eigenvalue weighted by Gasteiger charge is 1.90. The summed E-state index contributed by atoms with van der Waals surface area (Å²) >= 11 is 0. The molecule has 68 valence electrons. The SMILES string of the molecule is CC(=CCO)CC=CC(C)C=O. The average Bonchev–Trinajstić information content (AvgIpc) is 2.04. The highest BCUT2D eigenvalue weighted by atomic mass is 16.2. The Balaban J connectivity index is 3.73. The van der Waals surface area contributed by atoms with Gasteiger partial charge in [0.2, 0.25) is 0 Å². The van der Waals surface area contributed by atoms with E-state index in [0.717, 1.165) is 18.3 Å². The summed E-state index contributed by atoms with van der Waals surface area (Å²) in [5.41, 5.74) is 1.12. The second-order valence-electron chi connectivity index (χ2n) is 2.86. The fourth-order valence-electron chi connectivity index (χ4n) is 0.753. The zero-order valence-electron chi connectivity index (χ0n) is 7.66. The Bertz CT molecular complexity index is 180. The van der Waals surface area contributed by atoms with Crippen LogP contribution in [0.25, 0.3) is 0 Å². The van der Waals surface area contributed by atoms with E-state index < -0.39 is 0 Å². The van der Waals surface area contributed by atoms with Crippen LogP contribution in [-0.4, -0.2) is 18.0 Å². The van der Waals surface area contributed by atoms with E-state index in [1.807, 2.05) is 26.0 Å². The van der Waals surface area contributed by atoms with Crippen molar-refractivity contribution in [3.63, 3.8) is 0 Å². The lowest BCUT2D eigenvalue weighted by Gasteiger charge is -1.95. The lowest BCUT2D eigenvalue weighted by Crippen LogP contribution is -1.88. The zero-order valence-corrected chi connectivity index (χ0v) is 7.66. The molecule has 2 nitrogen and oxygen atoms in total. The predicted octanol–water partition coefficient (Wildman–Crippen LogP) is 1.71. The average molecular weight is 168 g/mol. The van der Waals surface area contributed by atoms with Gasteiger partial charge in [-0.05, 0) is 13.3 Å². The van der Waals surface area contributed by atoms with Crippen molar-refractivity contribution in [2.24, 2.45) is 5.92 Å². The van der Waals surface area contributed by atoms with Gasteiger partial charge in [-0.2, -0.15) is 0 Å². The minimum absolute atomic E-state index is 0.00748. The van der Waals surface area contributed by atoms with Gasteiger partial charge in [0.1, 0.15) is 6.29 Å². The van der Waals surface area contributed by atoms with Crippen molar-refractivity contribution in [2.75, 3.05) is 6.61 Å². The van der Waals surface area contributed by atoms with Gasteiger partial charge in [-0.15, -0.1) is 0 Å². The summed E-state index contributed by atoms with van der Waals surface area (Å²) in [6.07, 6.45) is 7.28. The number of carbonyl (C=O) groups is 1. The summed E-state index contributed by atoms with van der Waals surface area (Å²) < 4.78 is 0. The van der Waals surface area contributed by atoms with Crippen molar-refractivity contribution in [3.8, 4) is 0 Å². The number of aldehydes is 1. The molecule has 0 aliphatic carbocycles. The standard InChI is InChI=1S/C10H16O2/c1-9(6-7-11)4-3-5-10(2)8-12/h3,5-6,8,10-11H,4,7H2,1-2H3. The smallest absolute Gasteiger partial charge is 0.126 e. The van der Waals surface area contributed by atoms with E-state index in [1.54, 1.807) is 6.08 Å². The minimum atomic E-state index is -0.00748. The van der Waals surface area contributed by atoms with Crippen molar-refractivity contribution in [2.45, 2.75) is 20.3 Å². The predicted molar refractivity (Wildman–Crippen MR) is 49.8 cm³/mol. The minimum Gasteiger partial charge on any atom is -0.392 e. The van der Waals surface area contributed by atoms with Crippen molar-refractivity contribution in [1.82, 2.24) is 0 Å². The van der Waals surface area contributed by atoms with Crippen molar-refractivity contribution < 1.29 is 9.90 Å². The Morgan fingerprint density at radius 2 is 2.25 bits per heavy atom. The van der Waals surface area contributed by atoms with Gasteiger partial charge in [-0.25, -0.2) is 0 Å². The number of aliphatic hydroxyl groups excluding tert-OH is 1. The van der Waals surface area contributed by atoms with Gasteiger partial charge in [-0.1, -0.05) is 30.7 Å². The van der Waals surface area contributed by atoms with Crippen LogP contribution in [-0.2, 0) is 4.79 Å². The molecule has 0 saturated heterocycles. The van der Waals surface area contributed by atoms with Crippen LogP contribution in [0, 0.1) is 5.92 Å². The summed E-state index contributed by atoms with van der Waals surface area (Å²) in [5.74, 6) is -0.00748. The number of rotatable bonds is 5. The highest BCUT2D eigenvalue weighted by molar-refractivity contribution is 5.55. The largest absolute Gasteiger partial charge is 0.392 e. The number of aliphatic hydroxyl groups is 1. The molecule has 0 heterocycles. The van der Waals surface area contributed by atoms with E-state index in [4.69, 9.17) is 5.11 Å². The van der Waals surface area contributed by atoms with Crippen LogP contribution in [0.2, 0.25) is 0 Å². The number of hydrogen-bond acceptors (Lipinski definition) is 2. The first-order valence-electron chi connectivity index (χ1n) is 4.09. The van der Waals surface area contributed by atoms with E-state index in [2.05, 4.69) is 0 Å². The number of carbonyl (C=O) groups excluding carboxylic acids is 1. The van der Waals surface area contributed by atoms with Crippen LogP contribution in [0.1, 0.15) is 20.3 Å². The van der Waals surface area contributed by atoms with Crippen LogP contribution in [0.5, 0.6) is 0 Å². The zero-order chi connectivity index (χ0) is 9.40. The van der Waals surface area contributed by atoms with Crippen LogP contribution in [0.15, 0.2) is 23.8 Å². The lowest BCUT2D eigenvalue weighted by atomic mass is 10.1. The van der Waals surface area contributed by atoms with E-state index in [-0.39, 0.29) is 12.5 Å². The Hall–Kier alpha value is -0.890. The van der Waals surface area contributed by atoms with Crippen LogP contribution < -0.4 is 0 Å². The maximum atomic E-state index is 10.2. The molecule has 0 spiro atoms. The maximum Gasteiger partial charge on any atom is 0.126 e. The molecule has 2 heteroatoms. The van der Waals surface area contributed by atoms with Crippen LogP contribution in [0.4, 0.5) is 0 Å². The Kier molecular flexibility index (Phi) is 6.29. The summed E-state index contributed by atoms with van der Waals surface area (Å²) in [7, 11) is 0. The molecule has 0 aromatic heterocycles.